The van der Waals surface area contributed by atoms with E-state index in [1.54, 1.807) is 0 Å². The van der Waals surface area contributed by atoms with E-state index in [2.05, 4.69) is 12.2 Å². The average Bonchev–Trinajstić information content (AvgIpc) is 1.90. The second-order valence-electron chi connectivity index (χ2n) is 2.78. The van der Waals surface area contributed by atoms with Gasteiger partial charge in [-0.2, -0.15) is 0 Å². The molecule has 0 aliphatic carbocycles. The van der Waals surface area contributed by atoms with E-state index in [0.717, 1.165) is 25.7 Å². The lowest BCUT2D eigenvalue weighted by Gasteiger charge is -2.23. The highest BCUT2D eigenvalue weighted by Gasteiger charge is 2.15. The standard InChI is InChI=1S/C7H13NO/c1-6-2-3-7(5-9)4-8-6/h5-8H,2-4H2,1H3/t6-,7+/m1/s1. The maximum absolute atomic E-state index is 10.2. The normalized spacial score (nSPS) is 36.1. The van der Waals surface area contributed by atoms with E-state index >= 15 is 0 Å². The fourth-order valence-corrected chi connectivity index (χ4v) is 1.14. The number of carbonyl (C=O) groups is 1. The summed E-state index contributed by atoms with van der Waals surface area (Å²) in [5, 5.41) is 3.25. The second kappa shape index (κ2) is 2.97. The Balaban J connectivity index is 2.26. The highest BCUT2D eigenvalue weighted by atomic mass is 16.1. The molecule has 0 radical (unpaired) electrons. The summed E-state index contributed by atoms with van der Waals surface area (Å²) in [5.41, 5.74) is 0. The number of piperidine rings is 1. The van der Waals surface area contributed by atoms with Crippen molar-refractivity contribution in [1.29, 1.82) is 0 Å². The fraction of sp³-hybridized carbons (Fsp3) is 0.857. The number of rotatable bonds is 1. The number of hydrogen-bond acceptors (Lipinski definition) is 2. The smallest absolute Gasteiger partial charge is 0.124 e. The van der Waals surface area contributed by atoms with Gasteiger partial charge < -0.3 is 10.1 Å². The number of aldehydes is 1. The summed E-state index contributed by atoms with van der Waals surface area (Å²) >= 11 is 0. The van der Waals surface area contributed by atoms with Gasteiger partial charge in [-0.15, -0.1) is 0 Å². The van der Waals surface area contributed by atoms with Crippen LogP contribution in [0.4, 0.5) is 0 Å². The Morgan fingerprint density at radius 2 is 2.33 bits per heavy atom. The van der Waals surface area contributed by atoms with Crippen LogP contribution in [-0.4, -0.2) is 18.9 Å². The summed E-state index contributed by atoms with van der Waals surface area (Å²) in [4.78, 5) is 10.2. The quantitative estimate of drug-likeness (QED) is 0.522. The predicted molar refractivity (Wildman–Crippen MR) is 36.3 cm³/mol. The van der Waals surface area contributed by atoms with Crippen molar-refractivity contribution in [2.75, 3.05) is 6.54 Å². The van der Waals surface area contributed by atoms with E-state index in [1.165, 1.54) is 0 Å². The molecule has 0 aromatic rings. The van der Waals surface area contributed by atoms with Crippen molar-refractivity contribution in [3.05, 3.63) is 0 Å². The summed E-state index contributed by atoms with van der Waals surface area (Å²) < 4.78 is 0. The number of nitrogens with one attached hydrogen (secondary N) is 1. The van der Waals surface area contributed by atoms with Crippen LogP contribution in [0.2, 0.25) is 0 Å². The Bertz CT molecular complexity index is 95.1. The van der Waals surface area contributed by atoms with E-state index in [1.807, 2.05) is 0 Å². The lowest BCUT2D eigenvalue weighted by molar-refractivity contribution is -0.111. The molecule has 0 amide bonds. The van der Waals surface area contributed by atoms with Gasteiger partial charge in [-0.05, 0) is 19.8 Å². The molecule has 2 nitrogen and oxygen atoms in total. The van der Waals surface area contributed by atoms with Crippen molar-refractivity contribution in [2.24, 2.45) is 5.92 Å². The van der Waals surface area contributed by atoms with E-state index in [4.69, 9.17) is 0 Å². The van der Waals surface area contributed by atoms with Crippen LogP contribution >= 0.6 is 0 Å². The molecule has 1 heterocycles. The summed E-state index contributed by atoms with van der Waals surface area (Å²) in [6.45, 7) is 3.03. The van der Waals surface area contributed by atoms with Crippen LogP contribution in [0.25, 0.3) is 0 Å². The SMILES string of the molecule is C[C@@H]1CC[C@H](C=O)CN1. The van der Waals surface area contributed by atoms with Gasteiger partial charge in [0.15, 0.2) is 0 Å². The maximum Gasteiger partial charge on any atom is 0.124 e. The molecule has 0 aromatic carbocycles. The minimum atomic E-state index is 0.279. The first kappa shape index (κ1) is 6.75. The monoisotopic (exact) mass is 127 g/mol. The molecule has 0 saturated carbocycles. The van der Waals surface area contributed by atoms with Crippen LogP contribution in [0.3, 0.4) is 0 Å². The van der Waals surface area contributed by atoms with Gasteiger partial charge in [0, 0.05) is 18.5 Å². The Hall–Kier alpha value is -0.370. The topological polar surface area (TPSA) is 29.1 Å². The van der Waals surface area contributed by atoms with Crippen molar-refractivity contribution in [1.82, 2.24) is 5.32 Å². The summed E-state index contributed by atoms with van der Waals surface area (Å²) in [7, 11) is 0. The predicted octanol–water partition coefficient (Wildman–Crippen LogP) is 0.573. The summed E-state index contributed by atoms with van der Waals surface area (Å²) in [6.07, 6.45) is 3.26. The van der Waals surface area contributed by atoms with Crippen molar-refractivity contribution in [2.45, 2.75) is 25.8 Å². The van der Waals surface area contributed by atoms with Gasteiger partial charge in [-0.25, -0.2) is 0 Å². The molecule has 1 fully saturated rings. The molecule has 2 heteroatoms. The van der Waals surface area contributed by atoms with Crippen molar-refractivity contribution >= 4 is 6.29 Å². The molecule has 0 aromatic heterocycles. The highest BCUT2D eigenvalue weighted by molar-refractivity contribution is 5.53. The van der Waals surface area contributed by atoms with Gasteiger partial charge in [0.2, 0.25) is 0 Å². The molecule has 1 aliphatic rings. The van der Waals surface area contributed by atoms with Crippen molar-refractivity contribution in [3.63, 3.8) is 0 Å². The first-order valence-corrected chi connectivity index (χ1v) is 3.51. The zero-order valence-electron chi connectivity index (χ0n) is 5.76. The van der Waals surface area contributed by atoms with Crippen LogP contribution in [0, 0.1) is 5.92 Å². The molecule has 1 rings (SSSR count). The Labute approximate surface area is 55.6 Å². The van der Waals surface area contributed by atoms with Crippen molar-refractivity contribution < 1.29 is 4.79 Å². The first-order valence-electron chi connectivity index (χ1n) is 3.51. The first-order chi connectivity index (χ1) is 4.33. The average molecular weight is 127 g/mol. The van der Waals surface area contributed by atoms with Gasteiger partial charge in [0.25, 0.3) is 0 Å². The molecule has 1 saturated heterocycles. The minimum absolute atomic E-state index is 0.279. The van der Waals surface area contributed by atoms with Crippen LogP contribution in [-0.2, 0) is 4.79 Å². The Morgan fingerprint density at radius 3 is 2.78 bits per heavy atom. The molecule has 2 atom stereocenters. The van der Waals surface area contributed by atoms with Gasteiger partial charge in [0.1, 0.15) is 6.29 Å². The van der Waals surface area contributed by atoms with E-state index < -0.39 is 0 Å². The van der Waals surface area contributed by atoms with E-state index in [0.29, 0.717) is 6.04 Å². The lowest BCUT2D eigenvalue weighted by Crippen LogP contribution is -2.37. The molecule has 1 aliphatic heterocycles. The Kier molecular flexibility index (Phi) is 2.22. The molecular formula is C7H13NO. The van der Waals surface area contributed by atoms with Crippen LogP contribution < -0.4 is 5.32 Å². The molecule has 1 N–H and O–H groups in total. The van der Waals surface area contributed by atoms with Gasteiger partial charge in [0.05, 0.1) is 0 Å². The third-order valence-electron chi connectivity index (χ3n) is 1.89. The number of carbonyl (C=O) groups excluding carboxylic acids is 1. The summed E-state index contributed by atoms with van der Waals surface area (Å²) in [6, 6.07) is 0.612. The zero-order chi connectivity index (χ0) is 6.69. The van der Waals surface area contributed by atoms with Gasteiger partial charge in [-0.3, -0.25) is 0 Å². The largest absolute Gasteiger partial charge is 0.314 e. The molecule has 9 heavy (non-hydrogen) atoms. The van der Waals surface area contributed by atoms with E-state index in [9.17, 15) is 4.79 Å². The van der Waals surface area contributed by atoms with Crippen LogP contribution in [0.1, 0.15) is 19.8 Å². The van der Waals surface area contributed by atoms with Crippen LogP contribution in [0.5, 0.6) is 0 Å². The second-order valence-corrected chi connectivity index (χ2v) is 2.78. The molecular weight excluding hydrogens is 114 g/mol. The molecule has 52 valence electrons. The number of hydrogen-bond donors (Lipinski definition) is 1. The molecule has 0 spiro atoms. The van der Waals surface area contributed by atoms with Crippen LogP contribution in [0.15, 0.2) is 0 Å². The maximum atomic E-state index is 10.2. The van der Waals surface area contributed by atoms with Gasteiger partial charge in [-0.1, -0.05) is 0 Å². The zero-order valence-corrected chi connectivity index (χ0v) is 5.76. The third kappa shape index (κ3) is 1.79. The highest BCUT2D eigenvalue weighted by Crippen LogP contribution is 2.10. The molecule has 0 unspecified atom stereocenters. The van der Waals surface area contributed by atoms with E-state index in [-0.39, 0.29) is 5.92 Å². The van der Waals surface area contributed by atoms with Crippen molar-refractivity contribution in [3.8, 4) is 0 Å². The fourth-order valence-electron chi connectivity index (χ4n) is 1.14. The molecule has 0 bridgehead atoms. The lowest BCUT2D eigenvalue weighted by atomic mass is 9.97. The third-order valence-corrected chi connectivity index (χ3v) is 1.89. The minimum Gasteiger partial charge on any atom is -0.314 e. The Morgan fingerprint density at radius 1 is 1.56 bits per heavy atom. The van der Waals surface area contributed by atoms with Gasteiger partial charge >= 0.3 is 0 Å². The summed E-state index contributed by atoms with van der Waals surface area (Å²) in [5.74, 6) is 0.279.